The minimum absolute atomic E-state index is 0.00868. The van der Waals surface area contributed by atoms with Crippen molar-refractivity contribution in [2.75, 3.05) is 33.0 Å². The highest BCUT2D eigenvalue weighted by molar-refractivity contribution is 6.10. The van der Waals surface area contributed by atoms with Crippen LogP contribution < -0.4 is 5.32 Å². The minimum atomic E-state index is -0.177. The van der Waals surface area contributed by atoms with E-state index in [1.807, 2.05) is 61.6 Å². The molecule has 4 rings (SSSR count). The zero-order valence-electron chi connectivity index (χ0n) is 21.7. The molecule has 0 radical (unpaired) electrons. The summed E-state index contributed by atoms with van der Waals surface area (Å²) < 4.78 is 0. The van der Waals surface area contributed by atoms with Gasteiger partial charge in [0.15, 0.2) is 0 Å². The van der Waals surface area contributed by atoms with Gasteiger partial charge in [0.05, 0.1) is 6.61 Å². The van der Waals surface area contributed by atoms with E-state index in [0.717, 1.165) is 62.4 Å². The number of nitrogens with zero attached hydrogens (tertiary/aromatic N) is 3. The topological polar surface area (TPSA) is 84.5 Å². The molecule has 2 heterocycles. The van der Waals surface area contributed by atoms with Crippen LogP contribution in [0.3, 0.4) is 0 Å². The standard InChI is InChI=1S/C30H33N5O2/c1-6-35(5)18-27(20(2)22-10-12-24(13-11-22)32-30(37)34(3)4)25-14-15-31-29-26(25)17-28(33-29)23-9-7-8-21(16-23)19-36/h7-18,36H,2,6,19H2,1,3-5H3,(H,31,33)(H,32,37)/b27-18+. The van der Waals surface area contributed by atoms with Crippen molar-refractivity contribution in [1.29, 1.82) is 0 Å². The van der Waals surface area contributed by atoms with E-state index in [4.69, 9.17) is 0 Å². The number of aliphatic hydroxyl groups is 1. The molecule has 0 aliphatic rings. The van der Waals surface area contributed by atoms with Gasteiger partial charge in [0.25, 0.3) is 0 Å². The van der Waals surface area contributed by atoms with Crippen LogP contribution in [-0.4, -0.2) is 58.6 Å². The first-order chi connectivity index (χ1) is 17.8. The second-order valence-electron chi connectivity index (χ2n) is 9.16. The van der Waals surface area contributed by atoms with E-state index >= 15 is 0 Å². The van der Waals surface area contributed by atoms with Crippen LogP contribution in [0.5, 0.6) is 0 Å². The largest absolute Gasteiger partial charge is 0.392 e. The third kappa shape index (κ3) is 5.73. The molecule has 7 heteroatoms. The predicted octanol–water partition coefficient (Wildman–Crippen LogP) is 5.82. The van der Waals surface area contributed by atoms with Crippen LogP contribution in [0, 0.1) is 0 Å². The molecule has 0 unspecified atom stereocenters. The quantitative estimate of drug-likeness (QED) is 0.269. The second-order valence-corrected chi connectivity index (χ2v) is 9.16. The number of carbonyl (C=O) groups excluding carboxylic acids is 1. The summed E-state index contributed by atoms with van der Waals surface area (Å²) in [4.78, 5) is 23.6. The maximum absolute atomic E-state index is 12.0. The van der Waals surface area contributed by atoms with Gasteiger partial charge in [-0.05, 0) is 65.1 Å². The van der Waals surface area contributed by atoms with Crippen molar-refractivity contribution in [2.24, 2.45) is 0 Å². The number of aromatic nitrogens is 2. The summed E-state index contributed by atoms with van der Waals surface area (Å²) in [6.07, 6.45) is 3.91. The number of pyridine rings is 1. The zero-order valence-corrected chi connectivity index (χ0v) is 21.7. The molecule has 3 N–H and O–H groups in total. The lowest BCUT2D eigenvalue weighted by atomic mass is 9.92. The van der Waals surface area contributed by atoms with Crippen LogP contribution >= 0.6 is 0 Å². The van der Waals surface area contributed by atoms with E-state index in [-0.39, 0.29) is 12.6 Å². The van der Waals surface area contributed by atoms with E-state index in [1.165, 1.54) is 4.90 Å². The minimum Gasteiger partial charge on any atom is -0.392 e. The number of hydrogen-bond donors (Lipinski definition) is 3. The SMILES string of the molecule is C=C(/C(=C\N(C)CC)c1ccnc2[nH]c(-c3cccc(CO)c3)cc12)c1ccc(NC(=O)N(C)C)cc1. The monoisotopic (exact) mass is 495 g/mol. The fourth-order valence-electron chi connectivity index (χ4n) is 4.02. The Hall–Kier alpha value is -4.36. The molecule has 0 bridgehead atoms. The fraction of sp³-hybridized carbons (Fsp3) is 0.200. The van der Waals surface area contributed by atoms with Crippen molar-refractivity contribution in [3.8, 4) is 11.3 Å². The number of amides is 2. The number of urea groups is 1. The average Bonchev–Trinajstić information content (AvgIpc) is 3.36. The molecule has 2 aromatic heterocycles. The van der Waals surface area contributed by atoms with Crippen molar-refractivity contribution < 1.29 is 9.90 Å². The number of benzene rings is 2. The molecule has 0 spiro atoms. The number of carbonyl (C=O) groups is 1. The lowest BCUT2D eigenvalue weighted by Gasteiger charge is -2.18. The highest BCUT2D eigenvalue weighted by Gasteiger charge is 2.16. The highest BCUT2D eigenvalue weighted by atomic mass is 16.3. The zero-order chi connectivity index (χ0) is 26.5. The number of fused-ring (bicyclic) bond motifs is 1. The molecule has 0 saturated carbocycles. The Bertz CT molecular complexity index is 1450. The van der Waals surface area contributed by atoms with Crippen molar-refractivity contribution in [2.45, 2.75) is 13.5 Å². The molecule has 37 heavy (non-hydrogen) atoms. The van der Waals surface area contributed by atoms with Gasteiger partial charge in [-0.3, -0.25) is 0 Å². The van der Waals surface area contributed by atoms with E-state index in [0.29, 0.717) is 0 Å². The number of H-pyrrole nitrogens is 1. The first-order valence-corrected chi connectivity index (χ1v) is 12.2. The lowest BCUT2D eigenvalue weighted by Crippen LogP contribution is -2.27. The molecule has 4 aromatic rings. The van der Waals surface area contributed by atoms with Crippen LogP contribution in [-0.2, 0) is 6.61 Å². The van der Waals surface area contributed by atoms with Gasteiger partial charge in [-0.25, -0.2) is 9.78 Å². The number of nitrogens with one attached hydrogen (secondary N) is 2. The molecule has 2 aromatic carbocycles. The van der Waals surface area contributed by atoms with Gasteiger partial charge < -0.3 is 25.2 Å². The summed E-state index contributed by atoms with van der Waals surface area (Å²) in [7, 11) is 5.45. The van der Waals surface area contributed by atoms with E-state index in [2.05, 4.69) is 46.0 Å². The Morgan fingerprint density at radius 1 is 1.11 bits per heavy atom. The highest BCUT2D eigenvalue weighted by Crippen LogP contribution is 2.36. The van der Waals surface area contributed by atoms with Crippen LogP contribution in [0.15, 0.2) is 79.6 Å². The van der Waals surface area contributed by atoms with Crippen LogP contribution in [0.1, 0.15) is 23.6 Å². The van der Waals surface area contributed by atoms with Crippen molar-refractivity contribution in [3.05, 3.63) is 96.3 Å². The summed E-state index contributed by atoms with van der Waals surface area (Å²) in [6.45, 7) is 7.39. The maximum Gasteiger partial charge on any atom is 0.321 e. The second kappa shape index (κ2) is 11.1. The number of rotatable bonds is 8. The van der Waals surface area contributed by atoms with Crippen molar-refractivity contribution in [1.82, 2.24) is 19.8 Å². The number of anilines is 1. The third-order valence-electron chi connectivity index (χ3n) is 6.31. The molecule has 190 valence electrons. The summed E-state index contributed by atoms with van der Waals surface area (Å²) in [6, 6.07) is 19.5. The fourth-order valence-corrected chi connectivity index (χ4v) is 4.02. The van der Waals surface area contributed by atoms with Crippen molar-refractivity contribution in [3.63, 3.8) is 0 Å². The van der Waals surface area contributed by atoms with Gasteiger partial charge in [0, 0.05) is 62.4 Å². The first-order valence-electron chi connectivity index (χ1n) is 12.2. The molecule has 0 aliphatic carbocycles. The summed E-state index contributed by atoms with van der Waals surface area (Å²) in [5.41, 5.74) is 8.09. The number of aliphatic hydroxyl groups excluding tert-OH is 1. The van der Waals surface area contributed by atoms with Gasteiger partial charge >= 0.3 is 6.03 Å². The predicted molar refractivity (Wildman–Crippen MR) is 152 cm³/mol. The molecule has 0 fully saturated rings. The lowest BCUT2D eigenvalue weighted by molar-refractivity contribution is 0.230. The maximum atomic E-state index is 12.0. The Balaban J connectivity index is 1.75. The normalized spacial score (nSPS) is 11.4. The Kier molecular flexibility index (Phi) is 7.74. The first kappa shape index (κ1) is 25.7. The number of allylic oxidation sites excluding steroid dienone is 2. The third-order valence-corrected chi connectivity index (χ3v) is 6.31. The summed E-state index contributed by atoms with van der Waals surface area (Å²) >= 11 is 0. The smallest absolute Gasteiger partial charge is 0.321 e. The van der Waals surface area contributed by atoms with Crippen LogP contribution in [0.2, 0.25) is 0 Å². The summed E-state index contributed by atoms with van der Waals surface area (Å²) in [5.74, 6) is 0. The number of hydrogen-bond acceptors (Lipinski definition) is 4. The molecule has 0 atom stereocenters. The van der Waals surface area contributed by atoms with E-state index in [1.54, 1.807) is 20.3 Å². The van der Waals surface area contributed by atoms with Gasteiger partial charge in [0.1, 0.15) is 5.65 Å². The van der Waals surface area contributed by atoms with Crippen molar-refractivity contribution >= 4 is 33.9 Å². The van der Waals surface area contributed by atoms with Crippen LogP contribution in [0.4, 0.5) is 10.5 Å². The molecule has 0 saturated heterocycles. The molecule has 0 aliphatic heterocycles. The van der Waals surface area contributed by atoms with Crippen LogP contribution in [0.25, 0.3) is 33.4 Å². The Morgan fingerprint density at radius 2 is 1.86 bits per heavy atom. The van der Waals surface area contributed by atoms with E-state index < -0.39 is 0 Å². The van der Waals surface area contributed by atoms with E-state index in [9.17, 15) is 9.90 Å². The Labute approximate surface area is 217 Å². The average molecular weight is 496 g/mol. The van der Waals surface area contributed by atoms with Gasteiger partial charge in [0.2, 0.25) is 0 Å². The van der Waals surface area contributed by atoms with Gasteiger partial charge in [-0.15, -0.1) is 0 Å². The molecule has 2 amide bonds. The number of aromatic amines is 1. The van der Waals surface area contributed by atoms with Gasteiger partial charge in [-0.2, -0.15) is 0 Å². The molecule has 7 nitrogen and oxygen atoms in total. The van der Waals surface area contributed by atoms with Gasteiger partial charge in [-0.1, -0.05) is 36.9 Å². The summed E-state index contributed by atoms with van der Waals surface area (Å²) in [5, 5.41) is 13.4. The molecular formula is C30H33N5O2. The molecular weight excluding hydrogens is 462 g/mol. The Morgan fingerprint density at radius 3 is 2.54 bits per heavy atom.